The van der Waals surface area contributed by atoms with Crippen LogP contribution in [0.3, 0.4) is 0 Å². The van der Waals surface area contributed by atoms with E-state index in [-0.39, 0.29) is 10.8 Å². The van der Waals surface area contributed by atoms with Crippen molar-refractivity contribution in [3.8, 4) is 0 Å². The Hall–Kier alpha value is -1.97. The number of carbonyl (C=O) groups is 1. The zero-order chi connectivity index (χ0) is 20.0. The van der Waals surface area contributed by atoms with Gasteiger partial charge in [0.1, 0.15) is 0 Å². The van der Waals surface area contributed by atoms with Gasteiger partial charge in [-0.3, -0.25) is 4.79 Å². The molecule has 7 nitrogen and oxygen atoms in total. The molecule has 2 rings (SSSR count). The van der Waals surface area contributed by atoms with Crippen LogP contribution in [0.5, 0.6) is 0 Å². The van der Waals surface area contributed by atoms with Crippen molar-refractivity contribution in [2.24, 2.45) is 5.14 Å². The number of hydrogen-bond donors (Lipinski definition) is 2. The molecule has 1 amide bonds. The Bertz CT molecular complexity index is 890. The fourth-order valence-corrected chi connectivity index (χ4v) is 3.65. The number of rotatable bonds is 8. The van der Waals surface area contributed by atoms with Gasteiger partial charge >= 0.3 is 0 Å². The highest BCUT2D eigenvalue weighted by Crippen LogP contribution is 2.17. The molecule has 0 spiro atoms. The first-order valence-corrected chi connectivity index (χ1v) is 11.2. The molecule has 0 atom stereocenters. The number of sulfonamides is 1. The Balaban J connectivity index is 1.82. The summed E-state index contributed by atoms with van der Waals surface area (Å²) in [4.78, 5) is 21.0. The second-order valence-electron chi connectivity index (χ2n) is 6.15. The van der Waals surface area contributed by atoms with E-state index >= 15 is 0 Å². The SMILES string of the molecule is CSc1nc(C)c(CCC(=O)NCCc2ccc(S(N)(=O)=O)cc2)c(C)n1. The lowest BCUT2D eigenvalue weighted by atomic mass is 10.1. The maximum absolute atomic E-state index is 12.1. The van der Waals surface area contributed by atoms with Crippen LogP contribution in [0.4, 0.5) is 0 Å². The van der Waals surface area contributed by atoms with Crippen molar-refractivity contribution in [2.75, 3.05) is 12.8 Å². The van der Waals surface area contributed by atoms with E-state index in [1.165, 1.54) is 23.9 Å². The molecule has 0 saturated heterocycles. The maximum Gasteiger partial charge on any atom is 0.238 e. The van der Waals surface area contributed by atoms with Gasteiger partial charge in [-0.2, -0.15) is 0 Å². The topological polar surface area (TPSA) is 115 Å². The molecule has 0 saturated carbocycles. The molecule has 0 aliphatic rings. The number of hydrogen-bond acceptors (Lipinski definition) is 6. The molecule has 1 aromatic heterocycles. The van der Waals surface area contributed by atoms with E-state index in [4.69, 9.17) is 5.14 Å². The van der Waals surface area contributed by atoms with Gasteiger partial charge in [0, 0.05) is 24.4 Å². The van der Waals surface area contributed by atoms with Crippen LogP contribution in [-0.4, -0.2) is 37.1 Å². The lowest BCUT2D eigenvalue weighted by Gasteiger charge is -2.10. The van der Waals surface area contributed by atoms with Gasteiger partial charge in [-0.1, -0.05) is 23.9 Å². The van der Waals surface area contributed by atoms with Crippen LogP contribution in [0.25, 0.3) is 0 Å². The Kier molecular flexibility index (Phi) is 7.34. The maximum atomic E-state index is 12.1. The number of benzene rings is 1. The Morgan fingerprint density at radius 2 is 1.70 bits per heavy atom. The Morgan fingerprint density at radius 3 is 2.22 bits per heavy atom. The molecular weight excluding hydrogens is 384 g/mol. The van der Waals surface area contributed by atoms with Crippen LogP contribution in [0.2, 0.25) is 0 Å². The van der Waals surface area contributed by atoms with E-state index in [1.807, 2.05) is 20.1 Å². The highest BCUT2D eigenvalue weighted by atomic mass is 32.2. The van der Waals surface area contributed by atoms with Crippen LogP contribution in [0.15, 0.2) is 34.3 Å². The number of thioether (sulfide) groups is 1. The second-order valence-corrected chi connectivity index (χ2v) is 8.48. The molecule has 1 heterocycles. The number of primary sulfonamides is 1. The predicted molar refractivity (Wildman–Crippen MR) is 106 cm³/mol. The van der Waals surface area contributed by atoms with Gasteiger partial charge < -0.3 is 5.32 Å². The molecule has 3 N–H and O–H groups in total. The summed E-state index contributed by atoms with van der Waals surface area (Å²) in [5.74, 6) is -0.0381. The number of aryl methyl sites for hydroxylation is 2. The van der Waals surface area contributed by atoms with Gasteiger partial charge in [-0.05, 0) is 56.2 Å². The molecule has 27 heavy (non-hydrogen) atoms. The number of amides is 1. The fraction of sp³-hybridized carbons (Fsp3) is 0.389. The molecule has 9 heteroatoms. The summed E-state index contributed by atoms with van der Waals surface area (Å²) in [7, 11) is -3.68. The number of nitrogens with zero attached hydrogens (tertiary/aromatic N) is 2. The van der Waals surface area contributed by atoms with E-state index < -0.39 is 10.0 Å². The van der Waals surface area contributed by atoms with E-state index in [9.17, 15) is 13.2 Å². The second kappa shape index (κ2) is 9.29. The first kappa shape index (κ1) is 21.3. The van der Waals surface area contributed by atoms with Crippen molar-refractivity contribution in [3.05, 3.63) is 46.8 Å². The highest BCUT2D eigenvalue weighted by molar-refractivity contribution is 7.98. The van der Waals surface area contributed by atoms with Gasteiger partial charge in [-0.15, -0.1) is 0 Å². The molecule has 0 unspecified atom stereocenters. The lowest BCUT2D eigenvalue weighted by Crippen LogP contribution is -2.26. The number of nitrogens with two attached hydrogens (primary N) is 1. The van der Waals surface area contributed by atoms with Crippen LogP contribution < -0.4 is 10.5 Å². The van der Waals surface area contributed by atoms with E-state index in [1.54, 1.807) is 12.1 Å². The third-order valence-corrected chi connectivity index (χ3v) is 5.65. The molecule has 0 aliphatic carbocycles. The molecule has 0 radical (unpaired) electrons. The van der Waals surface area contributed by atoms with Gasteiger partial charge in [0.15, 0.2) is 5.16 Å². The molecule has 0 aliphatic heterocycles. The van der Waals surface area contributed by atoms with Crippen LogP contribution in [-0.2, 0) is 27.7 Å². The molecular formula is C18H24N4O3S2. The van der Waals surface area contributed by atoms with Gasteiger partial charge in [0.25, 0.3) is 0 Å². The summed E-state index contributed by atoms with van der Waals surface area (Å²) >= 11 is 1.50. The van der Waals surface area contributed by atoms with E-state index in [0.29, 0.717) is 25.8 Å². The summed E-state index contributed by atoms with van der Waals surface area (Å²) in [6.07, 6.45) is 3.51. The van der Waals surface area contributed by atoms with Crippen LogP contribution in [0.1, 0.15) is 28.9 Å². The molecule has 146 valence electrons. The van der Waals surface area contributed by atoms with Crippen molar-refractivity contribution >= 4 is 27.7 Å². The zero-order valence-electron chi connectivity index (χ0n) is 15.7. The van der Waals surface area contributed by atoms with E-state index in [2.05, 4.69) is 15.3 Å². The van der Waals surface area contributed by atoms with Crippen molar-refractivity contribution < 1.29 is 13.2 Å². The first-order valence-electron chi connectivity index (χ1n) is 8.47. The average molecular weight is 409 g/mol. The minimum Gasteiger partial charge on any atom is -0.356 e. The molecule has 0 fully saturated rings. The zero-order valence-corrected chi connectivity index (χ0v) is 17.3. The highest BCUT2D eigenvalue weighted by Gasteiger charge is 2.11. The van der Waals surface area contributed by atoms with Crippen molar-refractivity contribution in [1.29, 1.82) is 0 Å². The third-order valence-electron chi connectivity index (χ3n) is 4.17. The Morgan fingerprint density at radius 1 is 1.11 bits per heavy atom. The van der Waals surface area contributed by atoms with Crippen molar-refractivity contribution in [3.63, 3.8) is 0 Å². The quantitative estimate of drug-likeness (QED) is 0.508. The largest absolute Gasteiger partial charge is 0.356 e. The third kappa shape index (κ3) is 6.30. The molecule has 0 bridgehead atoms. The number of carbonyl (C=O) groups excluding carboxylic acids is 1. The lowest BCUT2D eigenvalue weighted by molar-refractivity contribution is -0.121. The van der Waals surface area contributed by atoms with Gasteiger partial charge in [0.2, 0.25) is 15.9 Å². The van der Waals surface area contributed by atoms with Crippen molar-refractivity contribution in [1.82, 2.24) is 15.3 Å². The van der Waals surface area contributed by atoms with Crippen molar-refractivity contribution in [2.45, 2.75) is 43.2 Å². The fourth-order valence-electron chi connectivity index (χ4n) is 2.68. The Labute approximate surface area is 164 Å². The minimum atomic E-state index is -3.68. The van der Waals surface area contributed by atoms with Crippen LogP contribution >= 0.6 is 11.8 Å². The molecule has 2 aromatic rings. The van der Waals surface area contributed by atoms with Gasteiger partial charge in [0.05, 0.1) is 4.90 Å². The number of nitrogens with one attached hydrogen (secondary N) is 1. The summed E-state index contributed by atoms with van der Waals surface area (Å²) < 4.78 is 22.5. The first-order chi connectivity index (χ1) is 12.7. The number of aromatic nitrogens is 2. The summed E-state index contributed by atoms with van der Waals surface area (Å²) in [6, 6.07) is 6.33. The predicted octanol–water partition coefficient (Wildman–Crippen LogP) is 1.75. The normalized spacial score (nSPS) is 11.4. The van der Waals surface area contributed by atoms with E-state index in [0.717, 1.165) is 27.7 Å². The summed E-state index contributed by atoms with van der Waals surface area (Å²) in [5.41, 5.74) is 3.76. The van der Waals surface area contributed by atoms with Crippen LogP contribution in [0, 0.1) is 13.8 Å². The standard InChI is InChI=1S/C18H24N4O3S2/c1-12-16(13(2)22-18(21-12)26-3)8-9-17(23)20-11-10-14-4-6-15(7-5-14)27(19,24)25/h4-7H,8-11H2,1-3H3,(H,20,23)(H2,19,24,25). The van der Waals surface area contributed by atoms with Gasteiger partial charge in [-0.25, -0.2) is 23.5 Å². The smallest absolute Gasteiger partial charge is 0.238 e. The summed E-state index contributed by atoms with van der Waals surface area (Å²) in [6.45, 7) is 4.35. The monoisotopic (exact) mass is 408 g/mol. The molecule has 1 aromatic carbocycles. The summed E-state index contributed by atoms with van der Waals surface area (Å²) in [5, 5.41) is 8.69. The average Bonchev–Trinajstić information content (AvgIpc) is 2.60. The minimum absolute atomic E-state index is 0.0381.